The van der Waals surface area contributed by atoms with Gasteiger partial charge in [-0.05, 0) is 0 Å². The van der Waals surface area contributed by atoms with Crippen molar-refractivity contribution in [2.45, 2.75) is 0 Å². The van der Waals surface area contributed by atoms with Crippen molar-refractivity contribution in [3.8, 4) is 5.06 Å². The third kappa shape index (κ3) is 0.743. The lowest BCUT2D eigenvalue weighted by Crippen LogP contribution is -1.95. The number of fused-ring (bicyclic) bond motifs is 1. The number of thiophene rings is 1. The van der Waals surface area contributed by atoms with E-state index in [9.17, 15) is 5.21 Å². The van der Waals surface area contributed by atoms with E-state index in [0.717, 1.165) is 9.43 Å². The summed E-state index contributed by atoms with van der Waals surface area (Å²) in [5.74, 6) is 0.284. The highest BCUT2D eigenvalue weighted by molar-refractivity contribution is 7.20. The molecule has 2 heterocycles. The number of hydrogen-bond donors (Lipinski definition) is 3. The molecule has 0 spiro atoms. The Labute approximate surface area is 66.1 Å². The average molecular weight is 170 g/mol. The minimum atomic E-state index is 0.179. The van der Waals surface area contributed by atoms with Crippen molar-refractivity contribution in [1.29, 1.82) is 0 Å². The second-order valence-electron chi connectivity index (χ2n) is 2.22. The smallest absolute Gasteiger partial charge is 0.173 e. The summed E-state index contributed by atoms with van der Waals surface area (Å²) in [4.78, 5) is 0. The van der Waals surface area contributed by atoms with E-state index in [1.54, 1.807) is 6.07 Å². The zero-order valence-electron chi connectivity index (χ0n) is 5.48. The Hall–Kier alpha value is -1.36. The maximum absolute atomic E-state index is 9.20. The Morgan fingerprint density at radius 3 is 2.82 bits per heavy atom. The number of rotatable bonds is 0. The third-order valence-electron chi connectivity index (χ3n) is 1.48. The third-order valence-corrected chi connectivity index (χ3v) is 2.35. The van der Waals surface area contributed by atoms with Gasteiger partial charge in [-0.1, -0.05) is 11.3 Å². The van der Waals surface area contributed by atoms with Crippen LogP contribution in [0, 0.1) is 0 Å². The first-order valence-corrected chi connectivity index (χ1v) is 3.79. The van der Waals surface area contributed by atoms with Crippen molar-refractivity contribution in [3.63, 3.8) is 0 Å². The van der Waals surface area contributed by atoms with Crippen LogP contribution >= 0.6 is 11.3 Å². The fraction of sp³-hybridized carbons (Fsp3) is 0. The number of nitrogen functional groups attached to an aromatic ring is 1. The fourth-order valence-electron chi connectivity index (χ4n) is 0.986. The van der Waals surface area contributed by atoms with Crippen LogP contribution in [0.3, 0.4) is 0 Å². The number of aromatic nitrogens is 1. The second-order valence-corrected chi connectivity index (χ2v) is 3.28. The summed E-state index contributed by atoms with van der Waals surface area (Å²) in [6.45, 7) is 0. The molecule has 0 aliphatic heterocycles. The molecule has 4 N–H and O–H groups in total. The molecule has 0 radical (unpaired) electrons. The Bertz CT molecular complexity index is 404. The summed E-state index contributed by atoms with van der Waals surface area (Å²) in [5, 5.41) is 18.4. The standard InChI is InChI=1S/C6H6N2O2S/c7-5-2-4-3(8(5)10)1-6(9)11-4/h1-2,9-10H,7H2. The first-order valence-electron chi connectivity index (χ1n) is 2.97. The molecule has 0 fully saturated rings. The van der Waals surface area contributed by atoms with Crippen LogP contribution < -0.4 is 5.73 Å². The van der Waals surface area contributed by atoms with Gasteiger partial charge in [0, 0.05) is 12.1 Å². The van der Waals surface area contributed by atoms with E-state index in [4.69, 9.17) is 10.8 Å². The van der Waals surface area contributed by atoms with Crippen molar-refractivity contribution >= 4 is 27.4 Å². The molecular formula is C6H6N2O2S. The average Bonchev–Trinajstić information content (AvgIpc) is 2.37. The number of anilines is 1. The molecule has 2 rings (SSSR count). The molecule has 11 heavy (non-hydrogen) atoms. The van der Waals surface area contributed by atoms with Crippen LogP contribution in [0.15, 0.2) is 12.1 Å². The van der Waals surface area contributed by atoms with Gasteiger partial charge < -0.3 is 16.0 Å². The molecular weight excluding hydrogens is 164 g/mol. The maximum atomic E-state index is 9.20. The minimum absolute atomic E-state index is 0.179. The first kappa shape index (κ1) is 6.36. The molecule has 2 aromatic heterocycles. The predicted molar refractivity (Wildman–Crippen MR) is 43.1 cm³/mol. The van der Waals surface area contributed by atoms with Crippen molar-refractivity contribution in [3.05, 3.63) is 12.1 Å². The fourth-order valence-corrected chi connectivity index (χ4v) is 1.81. The molecule has 0 aromatic carbocycles. The quantitative estimate of drug-likeness (QED) is 0.521. The highest BCUT2D eigenvalue weighted by Crippen LogP contribution is 2.32. The molecule has 0 saturated heterocycles. The zero-order valence-corrected chi connectivity index (χ0v) is 6.30. The Morgan fingerprint density at radius 1 is 1.45 bits per heavy atom. The van der Waals surface area contributed by atoms with Gasteiger partial charge >= 0.3 is 0 Å². The Kier molecular flexibility index (Phi) is 1.05. The minimum Gasteiger partial charge on any atom is -0.499 e. The van der Waals surface area contributed by atoms with Crippen LogP contribution in [-0.2, 0) is 0 Å². The van der Waals surface area contributed by atoms with Crippen LogP contribution in [0.4, 0.5) is 5.82 Å². The van der Waals surface area contributed by atoms with Gasteiger partial charge in [0.05, 0.1) is 4.70 Å². The summed E-state index contributed by atoms with van der Waals surface area (Å²) >= 11 is 1.18. The van der Waals surface area contributed by atoms with Gasteiger partial charge in [0.25, 0.3) is 0 Å². The van der Waals surface area contributed by atoms with Gasteiger partial charge in [0.15, 0.2) is 5.06 Å². The summed E-state index contributed by atoms with van der Waals surface area (Å²) < 4.78 is 1.63. The van der Waals surface area contributed by atoms with E-state index < -0.39 is 0 Å². The van der Waals surface area contributed by atoms with E-state index >= 15 is 0 Å². The monoisotopic (exact) mass is 170 g/mol. The molecule has 5 heteroatoms. The molecule has 0 bridgehead atoms. The van der Waals surface area contributed by atoms with Crippen molar-refractivity contribution in [1.82, 2.24) is 4.73 Å². The SMILES string of the molecule is Nc1cc2sc(O)cc2n1O. The highest BCUT2D eigenvalue weighted by Gasteiger charge is 2.08. The molecule has 0 aliphatic carbocycles. The lowest BCUT2D eigenvalue weighted by atomic mass is 10.5. The summed E-state index contributed by atoms with van der Waals surface area (Å²) in [7, 11) is 0. The van der Waals surface area contributed by atoms with Crippen molar-refractivity contribution in [2.75, 3.05) is 5.73 Å². The molecule has 2 aromatic rings. The van der Waals surface area contributed by atoms with Crippen LogP contribution in [0.5, 0.6) is 5.06 Å². The Morgan fingerprint density at radius 2 is 2.18 bits per heavy atom. The number of nitrogens with zero attached hydrogens (tertiary/aromatic N) is 1. The van der Waals surface area contributed by atoms with Gasteiger partial charge in [0.1, 0.15) is 11.3 Å². The number of nitrogens with two attached hydrogens (primary N) is 1. The van der Waals surface area contributed by atoms with E-state index in [1.807, 2.05) is 0 Å². The number of hydrogen-bond acceptors (Lipinski definition) is 4. The summed E-state index contributed by atoms with van der Waals surface area (Å²) in [5.41, 5.74) is 5.93. The molecule has 0 saturated carbocycles. The van der Waals surface area contributed by atoms with Crippen molar-refractivity contribution in [2.24, 2.45) is 0 Å². The van der Waals surface area contributed by atoms with Gasteiger partial charge in [-0.2, -0.15) is 4.73 Å². The van der Waals surface area contributed by atoms with Crippen LogP contribution in [-0.4, -0.2) is 15.0 Å². The van der Waals surface area contributed by atoms with Crippen LogP contribution in [0.1, 0.15) is 0 Å². The molecule has 58 valence electrons. The van der Waals surface area contributed by atoms with Crippen LogP contribution in [0.25, 0.3) is 10.2 Å². The zero-order chi connectivity index (χ0) is 8.01. The first-order chi connectivity index (χ1) is 5.18. The van der Waals surface area contributed by atoms with Gasteiger partial charge in [-0.25, -0.2) is 0 Å². The van der Waals surface area contributed by atoms with Crippen LogP contribution in [0.2, 0.25) is 0 Å². The topological polar surface area (TPSA) is 71.4 Å². The summed E-state index contributed by atoms with van der Waals surface area (Å²) in [6, 6.07) is 3.08. The van der Waals surface area contributed by atoms with E-state index in [1.165, 1.54) is 17.4 Å². The van der Waals surface area contributed by atoms with E-state index in [-0.39, 0.29) is 10.9 Å². The Balaban J connectivity index is 2.88. The highest BCUT2D eigenvalue weighted by atomic mass is 32.1. The van der Waals surface area contributed by atoms with E-state index in [0.29, 0.717) is 5.52 Å². The lowest BCUT2D eigenvalue weighted by molar-refractivity contribution is 0.206. The molecule has 0 aliphatic rings. The number of aromatic hydroxyl groups is 1. The van der Waals surface area contributed by atoms with Gasteiger partial charge in [0.2, 0.25) is 0 Å². The van der Waals surface area contributed by atoms with Crippen molar-refractivity contribution < 1.29 is 10.3 Å². The van der Waals surface area contributed by atoms with Gasteiger partial charge in [-0.3, -0.25) is 0 Å². The normalized spacial score (nSPS) is 10.9. The lowest BCUT2D eigenvalue weighted by Gasteiger charge is -1.92. The largest absolute Gasteiger partial charge is 0.499 e. The molecule has 0 atom stereocenters. The predicted octanol–water partition coefficient (Wildman–Crippen LogP) is 1.23. The van der Waals surface area contributed by atoms with Gasteiger partial charge in [-0.15, -0.1) is 0 Å². The maximum Gasteiger partial charge on any atom is 0.173 e. The molecule has 0 amide bonds. The molecule has 4 nitrogen and oxygen atoms in total. The molecule has 0 unspecified atom stereocenters. The summed E-state index contributed by atoms with van der Waals surface area (Å²) in [6.07, 6.45) is 0. The van der Waals surface area contributed by atoms with E-state index in [2.05, 4.69) is 0 Å². The second kappa shape index (κ2) is 1.82.